The van der Waals surface area contributed by atoms with Gasteiger partial charge in [0.15, 0.2) is 0 Å². The fraction of sp³-hybridized carbons (Fsp3) is 0.257. The molecular weight excluding hydrogens is 574 g/mol. The number of carbonyl (C=O) groups excluding carboxylic acids is 2. The molecule has 0 fully saturated rings. The summed E-state index contributed by atoms with van der Waals surface area (Å²) in [5.41, 5.74) is 3.01. The molecule has 4 aromatic rings. The minimum absolute atomic E-state index is 0.0484. The second-order valence-electron chi connectivity index (χ2n) is 10.9. The second kappa shape index (κ2) is 14.7. The van der Waals surface area contributed by atoms with E-state index in [9.17, 15) is 18.0 Å². The highest BCUT2D eigenvalue weighted by Crippen LogP contribution is 2.27. The maximum atomic E-state index is 14.5. The molecule has 1 atom stereocenters. The number of hydrogen-bond donors (Lipinski definition) is 1. The highest BCUT2D eigenvalue weighted by Gasteiger charge is 2.34. The molecule has 230 valence electrons. The Morgan fingerprint density at radius 2 is 1.43 bits per heavy atom. The molecule has 44 heavy (non-hydrogen) atoms. The molecule has 0 aliphatic heterocycles. The van der Waals surface area contributed by atoms with Gasteiger partial charge in [-0.15, -0.1) is 0 Å². The van der Waals surface area contributed by atoms with E-state index in [1.807, 2.05) is 75.4 Å². The Kier molecular flexibility index (Phi) is 10.8. The van der Waals surface area contributed by atoms with Crippen molar-refractivity contribution in [2.24, 2.45) is 0 Å². The summed E-state index contributed by atoms with van der Waals surface area (Å²) in [5, 5.41) is 2.97. The van der Waals surface area contributed by atoms with Gasteiger partial charge in [-0.3, -0.25) is 13.9 Å². The summed E-state index contributed by atoms with van der Waals surface area (Å²) in [4.78, 5) is 29.8. The Morgan fingerprint density at radius 1 is 0.818 bits per heavy atom. The van der Waals surface area contributed by atoms with Crippen molar-refractivity contribution in [1.82, 2.24) is 10.2 Å². The van der Waals surface area contributed by atoms with E-state index in [1.54, 1.807) is 42.5 Å². The molecule has 4 aromatic carbocycles. The number of benzene rings is 4. The number of amides is 2. The summed E-state index contributed by atoms with van der Waals surface area (Å²) >= 11 is 0. The third kappa shape index (κ3) is 8.26. The topological polar surface area (TPSA) is 96.0 Å². The number of hydrogen-bond acceptors (Lipinski definition) is 5. The smallest absolute Gasteiger partial charge is 0.264 e. The molecule has 4 rings (SSSR count). The van der Waals surface area contributed by atoms with Crippen LogP contribution in [0.1, 0.15) is 30.5 Å². The molecule has 0 unspecified atom stereocenters. The fourth-order valence-corrected chi connectivity index (χ4v) is 6.37. The van der Waals surface area contributed by atoms with Gasteiger partial charge in [-0.05, 0) is 68.3 Å². The summed E-state index contributed by atoms with van der Waals surface area (Å²) < 4.78 is 34.4. The van der Waals surface area contributed by atoms with Gasteiger partial charge < -0.3 is 15.0 Å². The lowest BCUT2D eigenvalue weighted by molar-refractivity contribution is -0.140. The van der Waals surface area contributed by atoms with Gasteiger partial charge in [-0.25, -0.2) is 8.42 Å². The predicted molar refractivity (Wildman–Crippen MR) is 173 cm³/mol. The Labute approximate surface area is 260 Å². The van der Waals surface area contributed by atoms with Gasteiger partial charge in [0.2, 0.25) is 11.8 Å². The average molecular weight is 614 g/mol. The molecule has 0 saturated carbocycles. The first-order chi connectivity index (χ1) is 21.1. The van der Waals surface area contributed by atoms with Crippen LogP contribution in [-0.4, -0.2) is 50.9 Å². The molecule has 9 heteroatoms. The van der Waals surface area contributed by atoms with Crippen LogP contribution < -0.4 is 14.4 Å². The number of sulfonamides is 1. The van der Waals surface area contributed by atoms with Gasteiger partial charge in [0.25, 0.3) is 10.0 Å². The quantitative estimate of drug-likeness (QED) is 0.219. The Morgan fingerprint density at radius 3 is 2.02 bits per heavy atom. The summed E-state index contributed by atoms with van der Waals surface area (Å²) in [6.07, 6.45) is 0.255. The monoisotopic (exact) mass is 613 g/mol. The van der Waals surface area contributed by atoms with Crippen molar-refractivity contribution < 1.29 is 22.7 Å². The van der Waals surface area contributed by atoms with Gasteiger partial charge in [0.05, 0.1) is 17.7 Å². The third-order valence-corrected chi connectivity index (χ3v) is 8.90. The predicted octanol–water partition coefficient (Wildman–Crippen LogP) is 5.36. The maximum absolute atomic E-state index is 14.5. The summed E-state index contributed by atoms with van der Waals surface area (Å²) in [6, 6.07) is 30.6. The van der Waals surface area contributed by atoms with E-state index in [4.69, 9.17) is 4.74 Å². The largest absolute Gasteiger partial charge is 0.497 e. The first kappa shape index (κ1) is 32.3. The van der Waals surface area contributed by atoms with E-state index in [0.29, 0.717) is 11.4 Å². The van der Waals surface area contributed by atoms with E-state index in [1.165, 1.54) is 24.1 Å². The standard InChI is InChI=1S/C35H39N3O5S/c1-26(2)36-35(40)33(23-28-13-7-5-8-14-28)37(24-29-15-11-12-27(3)22-29)34(39)25-38(30-18-20-31(43-4)21-19-30)44(41,42)32-16-9-6-10-17-32/h5-22,26,33H,23-25H2,1-4H3,(H,36,40)/t33-/m1/s1. The summed E-state index contributed by atoms with van der Waals surface area (Å²) in [6.45, 7) is 5.28. The Balaban J connectivity index is 1.80. The number of methoxy groups -OCH3 is 1. The van der Waals surface area contributed by atoms with Crippen molar-refractivity contribution in [3.8, 4) is 5.75 Å². The first-order valence-electron chi connectivity index (χ1n) is 14.5. The zero-order valence-corrected chi connectivity index (χ0v) is 26.3. The number of carbonyl (C=O) groups is 2. The van der Waals surface area contributed by atoms with Crippen LogP contribution in [0, 0.1) is 6.92 Å². The molecule has 1 N–H and O–H groups in total. The van der Waals surface area contributed by atoms with Crippen molar-refractivity contribution in [3.63, 3.8) is 0 Å². The Bertz CT molecular complexity index is 1640. The highest BCUT2D eigenvalue weighted by molar-refractivity contribution is 7.92. The molecule has 0 saturated heterocycles. The van der Waals surface area contributed by atoms with E-state index in [-0.39, 0.29) is 29.8 Å². The van der Waals surface area contributed by atoms with Crippen LogP contribution in [0.2, 0.25) is 0 Å². The van der Waals surface area contributed by atoms with E-state index < -0.39 is 28.5 Å². The lowest BCUT2D eigenvalue weighted by Crippen LogP contribution is -2.54. The Hall–Kier alpha value is -4.63. The molecule has 0 radical (unpaired) electrons. The number of rotatable bonds is 13. The van der Waals surface area contributed by atoms with E-state index in [2.05, 4.69) is 5.32 Å². The van der Waals surface area contributed by atoms with Crippen molar-refractivity contribution >= 4 is 27.5 Å². The van der Waals surface area contributed by atoms with Crippen LogP contribution in [0.15, 0.2) is 114 Å². The first-order valence-corrected chi connectivity index (χ1v) is 15.9. The van der Waals surface area contributed by atoms with Crippen molar-refractivity contribution in [2.75, 3.05) is 18.0 Å². The number of nitrogens with zero attached hydrogens (tertiary/aromatic N) is 2. The molecule has 2 amide bonds. The maximum Gasteiger partial charge on any atom is 0.264 e. The summed E-state index contributed by atoms with van der Waals surface area (Å²) in [7, 11) is -2.64. The summed E-state index contributed by atoms with van der Waals surface area (Å²) in [5.74, 6) is -0.278. The van der Waals surface area contributed by atoms with Gasteiger partial charge in [-0.2, -0.15) is 0 Å². The van der Waals surface area contributed by atoms with Crippen LogP contribution in [0.5, 0.6) is 5.75 Å². The number of aryl methyl sites for hydroxylation is 1. The van der Waals surface area contributed by atoms with Gasteiger partial charge >= 0.3 is 0 Å². The molecule has 0 heterocycles. The van der Waals surface area contributed by atoms with Crippen molar-refractivity contribution in [1.29, 1.82) is 0 Å². The number of ether oxygens (including phenoxy) is 1. The molecule has 8 nitrogen and oxygen atoms in total. The zero-order valence-electron chi connectivity index (χ0n) is 25.5. The zero-order chi connectivity index (χ0) is 31.7. The lowest BCUT2D eigenvalue weighted by atomic mass is 10.0. The van der Waals surface area contributed by atoms with Crippen LogP contribution >= 0.6 is 0 Å². The highest BCUT2D eigenvalue weighted by atomic mass is 32.2. The molecule has 0 spiro atoms. The van der Waals surface area contributed by atoms with Crippen LogP contribution in [0.3, 0.4) is 0 Å². The average Bonchev–Trinajstić information content (AvgIpc) is 3.02. The minimum atomic E-state index is -4.16. The molecule has 0 aliphatic carbocycles. The molecular formula is C35H39N3O5S. The lowest BCUT2D eigenvalue weighted by Gasteiger charge is -2.34. The van der Waals surface area contributed by atoms with E-state index in [0.717, 1.165) is 21.0 Å². The number of anilines is 1. The van der Waals surface area contributed by atoms with Crippen LogP contribution in [0.25, 0.3) is 0 Å². The molecule has 0 aliphatic rings. The fourth-order valence-electron chi connectivity index (χ4n) is 4.94. The normalized spacial score (nSPS) is 11.9. The number of nitrogens with one attached hydrogen (secondary N) is 1. The second-order valence-corrected chi connectivity index (χ2v) is 12.8. The van der Waals surface area contributed by atoms with Gasteiger partial charge in [-0.1, -0.05) is 78.4 Å². The van der Waals surface area contributed by atoms with Gasteiger partial charge in [0.1, 0.15) is 18.3 Å². The van der Waals surface area contributed by atoms with E-state index >= 15 is 0 Å². The van der Waals surface area contributed by atoms with Crippen LogP contribution in [0.4, 0.5) is 5.69 Å². The molecule has 0 bridgehead atoms. The minimum Gasteiger partial charge on any atom is -0.497 e. The SMILES string of the molecule is COc1ccc(N(CC(=O)N(Cc2cccc(C)c2)[C@H](Cc2ccccc2)C(=O)NC(C)C)S(=O)(=O)c2ccccc2)cc1. The van der Waals surface area contributed by atoms with Gasteiger partial charge in [0, 0.05) is 19.0 Å². The molecule has 0 aromatic heterocycles. The van der Waals surface area contributed by atoms with Crippen LogP contribution in [-0.2, 0) is 32.6 Å². The van der Waals surface area contributed by atoms with Crippen molar-refractivity contribution in [2.45, 2.75) is 50.7 Å². The van der Waals surface area contributed by atoms with Crippen molar-refractivity contribution in [3.05, 3.63) is 126 Å². The third-order valence-electron chi connectivity index (χ3n) is 7.11.